The van der Waals surface area contributed by atoms with Gasteiger partial charge in [0.2, 0.25) is 5.88 Å². The van der Waals surface area contributed by atoms with Crippen LogP contribution in [0, 0.1) is 11.3 Å². The van der Waals surface area contributed by atoms with Crippen molar-refractivity contribution in [1.29, 1.82) is 5.26 Å². The van der Waals surface area contributed by atoms with E-state index in [2.05, 4.69) is 16.4 Å². The fourth-order valence-corrected chi connectivity index (χ4v) is 4.41. The van der Waals surface area contributed by atoms with Crippen molar-refractivity contribution in [3.8, 4) is 17.7 Å². The van der Waals surface area contributed by atoms with Gasteiger partial charge in [-0.15, -0.1) is 11.3 Å². The van der Waals surface area contributed by atoms with Gasteiger partial charge in [-0.05, 0) is 55.5 Å². The number of aryl methyl sites for hydroxylation is 1. The van der Waals surface area contributed by atoms with Crippen LogP contribution in [0.5, 0.6) is 11.6 Å². The summed E-state index contributed by atoms with van der Waals surface area (Å²) in [7, 11) is 0. The van der Waals surface area contributed by atoms with E-state index in [1.807, 2.05) is 12.1 Å². The third-order valence-corrected chi connectivity index (χ3v) is 5.67. The predicted molar refractivity (Wildman–Crippen MR) is 104 cm³/mol. The normalized spacial score (nSPS) is 12.7. The summed E-state index contributed by atoms with van der Waals surface area (Å²) in [6.07, 6.45) is 5.78. The second-order valence-corrected chi connectivity index (χ2v) is 7.38. The molecule has 0 radical (unpaired) electrons. The standard InChI is InChI=1S/C21H17N3O2S/c22-13-17-16-8-1-2-9-18(16)27-21(17)24-20(25)14-6-5-7-15(12-14)26-19-10-3-4-11-23-19/h3-7,10-12H,1-2,8-9H2,(H,24,25). The number of fused-ring (bicyclic) bond motifs is 1. The van der Waals surface area contributed by atoms with Crippen LogP contribution in [0.1, 0.15) is 39.2 Å². The second kappa shape index (κ2) is 7.60. The maximum absolute atomic E-state index is 12.7. The Morgan fingerprint density at radius 3 is 2.89 bits per heavy atom. The molecule has 134 valence electrons. The summed E-state index contributed by atoms with van der Waals surface area (Å²) in [4.78, 5) is 18.1. The fourth-order valence-electron chi connectivity index (χ4n) is 3.18. The largest absolute Gasteiger partial charge is 0.439 e. The van der Waals surface area contributed by atoms with Gasteiger partial charge in [-0.25, -0.2) is 4.98 Å². The summed E-state index contributed by atoms with van der Waals surface area (Å²) in [5.41, 5.74) is 2.19. The number of benzene rings is 1. The number of pyridine rings is 1. The van der Waals surface area contributed by atoms with Gasteiger partial charge in [0.1, 0.15) is 16.8 Å². The van der Waals surface area contributed by atoms with Crippen LogP contribution in [0.3, 0.4) is 0 Å². The minimum atomic E-state index is -0.253. The first kappa shape index (κ1) is 17.3. The van der Waals surface area contributed by atoms with E-state index in [0.29, 0.717) is 27.8 Å². The first-order valence-corrected chi connectivity index (χ1v) is 9.61. The van der Waals surface area contributed by atoms with E-state index in [1.54, 1.807) is 36.5 Å². The number of rotatable bonds is 4. The highest BCUT2D eigenvalue weighted by atomic mass is 32.1. The minimum Gasteiger partial charge on any atom is -0.439 e. The third kappa shape index (κ3) is 3.69. The van der Waals surface area contributed by atoms with E-state index >= 15 is 0 Å². The summed E-state index contributed by atoms with van der Waals surface area (Å²) >= 11 is 1.52. The van der Waals surface area contributed by atoms with Gasteiger partial charge in [0.05, 0.1) is 5.56 Å². The van der Waals surface area contributed by atoms with Crippen LogP contribution in [0.4, 0.5) is 5.00 Å². The average molecular weight is 375 g/mol. The number of hydrogen-bond donors (Lipinski definition) is 1. The highest BCUT2D eigenvalue weighted by molar-refractivity contribution is 7.16. The van der Waals surface area contributed by atoms with Crippen molar-refractivity contribution in [2.24, 2.45) is 0 Å². The zero-order chi connectivity index (χ0) is 18.6. The Kier molecular flexibility index (Phi) is 4.86. The molecule has 1 N–H and O–H groups in total. The number of carbonyl (C=O) groups is 1. The zero-order valence-corrected chi connectivity index (χ0v) is 15.4. The number of hydrogen-bond acceptors (Lipinski definition) is 5. The molecule has 0 bridgehead atoms. The maximum Gasteiger partial charge on any atom is 0.256 e. The minimum absolute atomic E-state index is 0.253. The molecular formula is C21H17N3O2S. The number of aromatic nitrogens is 1. The first-order valence-electron chi connectivity index (χ1n) is 8.79. The lowest BCUT2D eigenvalue weighted by Gasteiger charge is -2.09. The Morgan fingerprint density at radius 1 is 1.19 bits per heavy atom. The number of anilines is 1. The van der Waals surface area contributed by atoms with Gasteiger partial charge in [0.25, 0.3) is 5.91 Å². The van der Waals surface area contributed by atoms with Crippen molar-refractivity contribution < 1.29 is 9.53 Å². The van der Waals surface area contributed by atoms with E-state index < -0.39 is 0 Å². The number of thiophene rings is 1. The monoisotopic (exact) mass is 375 g/mol. The Bertz CT molecular complexity index is 1020. The molecule has 0 saturated carbocycles. The fraction of sp³-hybridized carbons (Fsp3) is 0.190. The van der Waals surface area contributed by atoms with Crippen molar-refractivity contribution in [3.05, 3.63) is 70.2 Å². The smallest absolute Gasteiger partial charge is 0.256 e. The molecule has 6 heteroatoms. The van der Waals surface area contributed by atoms with Crippen molar-refractivity contribution in [1.82, 2.24) is 4.98 Å². The predicted octanol–water partition coefficient (Wildman–Crippen LogP) is 4.94. The molecule has 0 atom stereocenters. The molecule has 1 aliphatic carbocycles. The number of ether oxygens (including phenoxy) is 1. The summed E-state index contributed by atoms with van der Waals surface area (Å²) in [6, 6.07) is 14.6. The van der Waals surface area contributed by atoms with Crippen LogP contribution in [0.2, 0.25) is 0 Å². The Morgan fingerprint density at radius 2 is 2.07 bits per heavy atom. The van der Waals surface area contributed by atoms with Crippen LogP contribution < -0.4 is 10.1 Å². The Balaban J connectivity index is 1.55. The lowest BCUT2D eigenvalue weighted by molar-refractivity contribution is 0.102. The first-order chi connectivity index (χ1) is 13.2. The van der Waals surface area contributed by atoms with Gasteiger partial charge in [-0.3, -0.25) is 4.79 Å². The van der Waals surface area contributed by atoms with Crippen LogP contribution in [0.15, 0.2) is 48.7 Å². The van der Waals surface area contributed by atoms with Crippen LogP contribution in [-0.4, -0.2) is 10.9 Å². The molecule has 1 aromatic carbocycles. The summed E-state index contributed by atoms with van der Waals surface area (Å²) in [6.45, 7) is 0. The summed E-state index contributed by atoms with van der Waals surface area (Å²) in [5.74, 6) is 0.747. The van der Waals surface area contributed by atoms with Crippen LogP contribution in [-0.2, 0) is 12.8 Å². The van der Waals surface area contributed by atoms with Crippen LogP contribution >= 0.6 is 11.3 Å². The van der Waals surface area contributed by atoms with E-state index in [4.69, 9.17) is 4.74 Å². The summed E-state index contributed by atoms with van der Waals surface area (Å²) < 4.78 is 5.69. The van der Waals surface area contributed by atoms with Gasteiger partial charge >= 0.3 is 0 Å². The highest BCUT2D eigenvalue weighted by Gasteiger charge is 2.22. The topological polar surface area (TPSA) is 75.0 Å². The van der Waals surface area contributed by atoms with E-state index in [0.717, 1.165) is 31.2 Å². The molecule has 5 nitrogen and oxygen atoms in total. The molecule has 0 spiro atoms. The molecule has 2 heterocycles. The van der Waals surface area contributed by atoms with Crippen molar-refractivity contribution >= 4 is 22.2 Å². The van der Waals surface area contributed by atoms with Crippen molar-refractivity contribution in [2.75, 3.05) is 5.32 Å². The van der Waals surface area contributed by atoms with E-state index in [9.17, 15) is 10.1 Å². The van der Waals surface area contributed by atoms with E-state index in [-0.39, 0.29) is 5.91 Å². The number of carbonyl (C=O) groups excluding carboxylic acids is 1. The number of nitrogens with one attached hydrogen (secondary N) is 1. The SMILES string of the molecule is N#Cc1c(NC(=O)c2cccc(Oc3ccccn3)c2)sc2c1CCCC2. The van der Waals surface area contributed by atoms with Gasteiger partial charge in [0.15, 0.2) is 0 Å². The molecule has 2 aromatic heterocycles. The zero-order valence-electron chi connectivity index (χ0n) is 14.6. The van der Waals surface area contributed by atoms with Gasteiger partial charge in [-0.1, -0.05) is 12.1 Å². The van der Waals surface area contributed by atoms with Crippen LogP contribution in [0.25, 0.3) is 0 Å². The molecule has 3 aromatic rings. The van der Waals surface area contributed by atoms with Gasteiger partial charge < -0.3 is 10.1 Å². The third-order valence-electron chi connectivity index (χ3n) is 4.47. The number of nitriles is 1. The Hall–Kier alpha value is -3.17. The number of nitrogens with zero attached hydrogens (tertiary/aromatic N) is 2. The molecule has 0 aliphatic heterocycles. The summed E-state index contributed by atoms with van der Waals surface area (Å²) in [5, 5.41) is 13.1. The van der Waals surface area contributed by atoms with Crippen molar-refractivity contribution in [2.45, 2.75) is 25.7 Å². The molecule has 0 saturated heterocycles. The molecule has 1 aliphatic rings. The molecule has 0 unspecified atom stereocenters. The molecule has 1 amide bonds. The van der Waals surface area contributed by atoms with Gasteiger partial charge in [-0.2, -0.15) is 5.26 Å². The molecular weight excluding hydrogens is 358 g/mol. The quantitative estimate of drug-likeness (QED) is 0.701. The maximum atomic E-state index is 12.7. The second-order valence-electron chi connectivity index (χ2n) is 6.28. The molecule has 4 rings (SSSR count). The highest BCUT2D eigenvalue weighted by Crippen LogP contribution is 2.37. The van der Waals surface area contributed by atoms with E-state index in [1.165, 1.54) is 16.2 Å². The van der Waals surface area contributed by atoms with Gasteiger partial charge in [0, 0.05) is 22.7 Å². The average Bonchev–Trinajstić information content (AvgIpc) is 3.06. The lowest BCUT2D eigenvalue weighted by Crippen LogP contribution is -2.12. The molecule has 0 fully saturated rings. The molecule has 27 heavy (non-hydrogen) atoms. The number of amides is 1. The van der Waals surface area contributed by atoms with Crippen molar-refractivity contribution in [3.63, 3.8) is 0 Å². The lowest BCUT2D eigenvalue weighted by atomic mass is 9.96. The Labute approximate surface area is 161 Å².